The van der Waals surface area contributed by atoms with Crippen LogP contribution in [-0.2, 0) is 17.6 Å². The van der Waals surface area contributed by atoms with Crippen molar-refractivity contribution in [2.45, 2.75) is 38.6 Å². The van der Waals surface area contributed by atoms with Crippen LogP contribution >= 0.6 is 11.6 Å². The van der Waals surface area contributed by atoms with Crippen LogP contribution in [0, 0.1) is 6.92 Å². The predicted molar refractivity (Wildman–Crippen MR) is 82.3 cm³/mol. The van der Waals surface area contributed by atoms with Gasteiger partial charge in [0.2, 0.25) is 5.91 Å². The Morgan fingerprint density at radius 1 is 1.50 bits per heavy atom. The van der Waals surface area contributed by atoms with Gasteiger partial charge in [0.25, 0.3) is 0 Å². The number of alkyl halides is 1. The molecule has 1 aliphatic rings. The predicted octanol–water partition coefficient (Wildman–Crippen LogP) is 3.08. The molecule has 1 unspecified atom stereocenters. The van der Waals surface area contributed by atoms with Gasteiger partial charge in [-0.1, -0.05) is 11.6 Å². The highest BCUT2D eigenvalue weighted by Crippen LogP contribution is 2.29. The molecule has 1 atom stereocenters. The third-order valence-electron chi connectivity index (χ3n) is 4.03. The maximum atomic E-state index is 11.6. The molecule has 3 rings (SSSR count). The second-order valence-corrected chi connectivity index (χ2v) is 5.96. The lowest BCUT2D eigenvalue weighted by atomic mass is 9.91. The van der Waals surface area contributed by atoms with E-state index in [4.69, 9.17) is 11.6 Å². The van der Waals surface area contributed by atoms with Crippen molar-refractivity contribution >= 4 is 28.4 Å². The van der Waals surface area contributed by atoms with Gasteiger partial charge in [0.1, 0.15) is 0 Å². The topological polar surface area (TPSA) is 44.9 Å². The minimum Gasteiger partial charge on any atom is -0.358 e. The summed E-state index contributed by atoms with van der Waals surface area (Å²) < 4.78 is 0. The number of hydrogen-bond acceptors (Lipinski definition) is 1. The van der Waals surface area contributed by atoms with Gasteiger partial charge in [-0.2, -0.15) is 0 Å². The minimum absolute atomic E-state index is 0.0559. The van der Waals surface area contributed by atoms with Gasteiger partial charge in [-0.25, -0.2) is 0 Å². The molecule has 20 heavy (non-hydrogen) atoms. The number of H-pyrrole nitrogens is 1. The van der Waals surface area contributed by atoms with E-state index in [-0.39, 0.29) is 11.9 Å². The summed E-state index contributed by atoms with van der Waals surface area (Å²) in [6, 6.07) is 6.75. The molecule has 3 nitrogen and oxygen atoms in total. The number of fused-ring (bicyclic) bond motifs is 3. The molecular weight excluding hydrogens is 272 g/mol. The van der Waals surface area contributed by atoms with Gasteiger partial charge in [0.15, 0.2) is 0 Å². The number of aromatic nitrogens is 1. The Bertz CT molecular complexity index is 647. The largest absolute Gasteiger partial charge is 0.358 e. The zero-order valence-corrected chi connectivity index (χ0v) is 12.4. The molecule has 1 aromatic carbocycles. The number of nitrogens with one attached hydrogen (secondary N) is 2. The average Bonchev–Trinajstić information content (AvgIpc) is 2.76. The van der Waals surface area contributed by atoms with Crippen LogP contribution in [0.15, 0.2) is 18.2 Å². The van der Waals surface area contributed by atoms with Gasteiger partial charge in [-0.15, -0.1) is 11.6 Å². The normalized spacial score (nSPS) is 18.0. The van der Waals surface area contributed by atoms with Crippen molar-refractivity contribution in [2.24, 2.45) is 0 Å². The van der Waals surface area contributed by atoms with Crippen LogP contribution in [0.2, 0.25) is 0 Å². The van der Waals surface area contributed by atoms with Crippen molar-refractivity contribution in [2.75, 3.05) is 5.88 Å². The van der Waals surface area contributed by atoms with E-state index < -0.39 is 0 Å². The van der Waals surface area contributed by atoms with Crippen molar-refractivity contribution in [1.29, 1.82) is 0 Å². The number of hydrogen-bond donors (Lipinski definition) is 2. The molecule has 0 bridgehead atoms. The fraction of sp³-hybridized carbons (Fsp3) is 0.438. The molecule has 0 spiro atoms. The number of carbonyl (C=O) groups is 1. The van der Waals surface area contributed by atoms with Crippen molar-refractivity contribution in [3.63, 3.8) is 0 Å². The second-order valence-electron chi connectivity index (χ2n) is 5.58. The Kier molecular flexibility index (Phi) is 3.70. The first-order valence-electron chi connectivity index (χ1n) is 7.13. The highest BCUT2D eigenvalue weighted by molar-refractivity contribution is 6.18. The minimum atomic E-state index is 0.0559. The molecule has 2 N–H and O–H groups in total. The lowest BCUT2D eigenvalue weighted by Crippen LogP contribution is -2.38. The summed E-state index contributed by atoms with van der Waals surface area (Å²) in [7, 11) is 0. The van der Waals surface area contributed by atoms with Crippen molar-refractivity contribution in [3.05, 3.63) is 35.0 Å². The summed E-state index contributed by atoms with van der Waals surface area (Å²) in [5.41, 5.74) is 5.18. The van der Waals surface area contributed by atoms with Gasteiger partial charge in [-0.3, -0.25) is 4.79 Å². The van der Waals surface area contributed by atoms with Crippen LogP contribution in [-0.4, -0.2) is 22.8 Å². The summed E-state index contributed by atoms with van der Waals surface area (Å²) in [5, 5.41) is 4.41. The molecule has 0 fully saturated rings. The third-order valence-corrected chi connectivity index (χ3v) is 4.22. The van der Waals surface area contributed by atoms with Gasteiger partial charge in [0, 0.05) is 41.4 Å². The molecule has 0 radical (unpaired) electrons. The van der Waals surface area contributed by atoms with E-state index in [1.165, 1.54) is 27.7 Å². The number of rotatable bonds is 3. The standard InChI is InChI=1S/C16H19ClN2O/c1-10-2-5-14-13(8-10)12-4-3-11(9-15(12)19-14)18-16(20)6-7-17/h2,5,8,11,19H,3-4,6-7,9H2,1H3,(H,18,20). The lowest BCUT2D eigenvalue weighted by molar-refractivity contribution is -0.121. The number of aryl methyl sites for hydroxylation is 2. The first kappa shape index (κ1) is 13.5. The van der Waals surface area contributed by atoms with E-state index >= 15 is 0 Å². The zero-order valence-electron chi connectivity index (χ0n) is 11.6. The molecule has 0 aliphatic heterocycles. The van der Waals surface area contributed by atoms with Crippen molar-refractivity contribution < 1.29 is 4.79 Å². The molecule has 0 saturated heterocycles. The number of aromatic amines is 1. The SMILES string of the molecule is Cc1ccc2[nH]c3c(c2c1)CCC(NC(=O)CCCl)C3. The van der Waals surface area contributed by atoms with Crippen LogP contribution in [0.3, 0.4) is 0 Å². The van der Waals surface area contributed by atoms with Crippen LogP contribution in [0.25, 0.3) is 10.9 Å². The number of benzene rings is 1. The van der Waals surface area contributed by atoms with Crippen LogP contribution in [0.5, 0.6) is 0 Å². The van der Waals surface area contributed by atoms with Crippen molar-refractivity contribution in [3.8, 4) is 0 Å². The molecule has 106 valence electrons. The van der Waals surface area contributed by atoms with E-state index in [9.17, 15) is 4.79 Å². The maximum absolute atomic E-state index is 11.6. The first-order chi connectivity index (χ1) is 9.67. The van der Waals surface area contributed by atoms with E-state index in [1.807, 2.05) is 0 Å². The maximum Gasteiger partial charge on any atom is 0.221 e. The summed E-state index contributed by atoms with van der Waals surface area (Å²) in [6.45, 7) is 2.12. The molecule has 2 aromatic rings. The van der Waals surface area contributed by atoms with E-state index in [1.54, 1.807) is 0 Å². The highest BCUT2D eigenvalue weighted by Gasteiger charge is 2.23. The first-order valence-corrected chi connectivity index (χ1v) is 7.66. The number of amides is 1. The summed E-state index contributed by atoms with van der Waals surface area (Å²) in [6.07, 6.45) is 3.31. The Morgan fingerprint density at radius 3 is 3.15 bits per heavy atom. The monoisotopic (exact) mass is 290 g/mol. The molecule has 1 aromatic heterocycles. The van der Waals surface area contributed by atoms with Crippen LogP contribution in [0.4, 0.5) is 0 Å². The molecule has 1 heterocycles. The van der Waals surface area contributed by atoms with Crippen LogP contribution < -0.4 is 5.32 Å². The lowest BCUT2D eigenvalue weighted by Gasteiger charge is -2.23. The smallest absolute Gasteiger partial charge is 0.221 e. The zero-order chi connectivity index (χ0) is 14.1. The second kappa shape index (κ2) is 5.49. The Morgan fingerprint density at radius 2 is 2.35 bits per heavy atom. The number of halogens is 1. The van der Waals surface area contributed by atoms with E-state index in [2.05, 4.69) is 35.4 Å². The summed E-state index contributed by atoms with van der Waals surface area (Å²) >= 11 is 5.60. The van der Waals surface area contributed by atoms with E-state index in [0.29, 0.717) is 12.3 Å². The van der Waals surface area contributed by atoms with Gasteiger partial charge >= 0.3 is 0 Å². The molecule has 4 heteroatoms. The summed E-state index contributed by atoms with van der Waals surface area (Å²) in [5.74, 6) is 0.440. The fourth-order valence-corrected chi connectivity index (χ4v) is 3.22. The van der Waals surface area contributed by atoms with E-state index in [0.717, 1.165) is 19.3 Å². The summed E-state index contributed by atoms with van der Waals surface area (Å²) in [4.78, 5) is 15.1. The van der Waals surface area contributed by atoms with Gasteiger partial charge in [0.05, 0.1) is 0 Å². The fourth-order valence-electron chi connectivity index (χ4n) is 3.05. The Labute approximate surface area is 123 Å². The molecule has 1 amide bonds. The quantitative estimate of drug-likeness (QED) is 0.839. The van der Waals surface area contributed by atoms with Crippen LogP contribution in [0.1, 0.15) is 29.7 Å². The average molecular weight is 291 g/mol. The highest BCUT2D eigenvalue weighted by atomic mass is 35.5. The molecular formula is C16H19ClN2O. The van der Waals surface area contributed by atoms with Gasteiger partial charge < -0.3 is 10.3 Å². The Hall–Kier alpha value is -1.48. The molecule has 1 aliphatic carbocycles. The number of carbonyl (C=O) groups excluding carboxylic acids is 1. The molecule has 0 saturated carbocycles. The Balaban J connectivity index is 1.81. The van der Waals surface area contributed by atoms with Gasteiger partial charge in [-0.05, 0) is 37.5 Å². The van der Waals surface area contributed by atoms with Crippen molar-refractivity contribution in [1.82, 2.24) is 10.3 Å². The third kappa shape index (κ3) is 2.55.